The third-order valence-corrected chi connectivity index (χ3v) is 5.66. The average molecular weight is 313 g/mol. The number of benzene rings is 1. The van der Waals surface area contributed by atoms with Gasteiger partial charge in [0.15, 0.2) is 5.13 Å². The monoisotopic (exact) mass is 313 g/mol. The van der Waals surface area contributed by atoms with E-state index in [0.29, 0.717) is 17.0 Å². The maximum atomic E-state index is 12.7. The van der Waals surface area contributed by atoms with Crippen LogP contribution in [0.3, 0.4) is 0 Å². The second-order valence-corrected chi connectivity index (χ2v) is 7.22. The highest BCUT2D eigenvalue weighted by Gasteiger charge is 2.45. The van der Waals surface area contributed by atoms with Crippen molar-refractivity contribution in [3.8, 4) is 0 Å². The first-order chi connectivity index (χ1) is 10.7. The second-order valence-electron chi connectivity index (χ2n) is 6.11. The van der Waals surface area contributed by atoms with Crippen molar-refractivity contribution in [1.29, 1.82) is 0 Å². The molecule has 1 fully saturated rings. The van der Waals surface area contributed by atoms with Gasteiger partial charge in [0.2, 0.25) is 5.91 Å². The fourth-order valence-corrected chi connectivity index (χ4v) is 4.24. The molecule has 2 unspecified atom stereocenters. The van der Waals surface area contributed by atoms with Gasteiger partial charge in [-0.15, -0.1) is 11.3 Å². The van der Waals surface area contributed by atoms with E-state index in [-0.39, 0.29) is 5.92 Å². The topological polar surface area (TPSA) is 59.2 Å². The smallest absolute Gasteiger partial charge is 0.226 e. The highest BCUT2D eigenvalue weighted by atomic mass is 32.1. The van der Waals surface area contributed by atoms with Crippen molar-refractivity contribution in [2.75, 3.05) is 18.8 Å². The first kappa shape index (κ1) is 13.8. The van der Waals surface area contributed by atoms with Gasteiger partial charge in [-0.2, -0.15) is 0 Å². The van der Waals surface area contributed by atoms with Crippen molar-refractivity contribution in [3.63, 3.8) is 0 Å². The lowest BCUT2D eigenvalue weighted by atomic mass is 10.1. The highest BCUT2D eigenvalue weighted by molar-refractivity contribution is 7.15. The van der Waals surface area contributed by atoms with Crippen molar-refractivity contribution in [3.05, 3.63) is 46.5 Å². The van der Waals surface area contributed by atoms with E-state index in [9.17, 15) is 4.79 Å². The summed E-state index contributed by atoms with van der Waals surface area (Å²) in [5, 5.41) is 0.649. The molecule has 0 saturated heterocycles. The van der Waals surface area contributed by atoms with Gasteiger partial charge in [0, 0.05) is 36.7 Å². The molecule has 5 heteroatoms. The number of hydrogen-bond donors (Lipinski definition) is 1. The Balaban J connectivity index is 1.41. The van der Waals surface area contributed by atoms with Crippen molar-refractivity contribution in [2.45, 2.75) is 25.2 Å². The Kier molecular flexibility index (Phi) is 3.37. The Morgan fingerprint density at radius 3 is 2.82 bits per heavy atom. The van der Waals surface area contributed by atoms with Gasteiger partial charge in [0.1, 0.15) is 0 Å². The Morgan fingerprint density at radius 2 is 2.00 bits per heavy atom. The summed E-state index contributed by atoms with van der Waals surface area (Å²) >= 11 is 1.57. The summed E-state index contributed by atoms with van der Waals surface area (Å²) in [6, 6.07) is 10.4. The third kappa shape index (κ3) is 2.50. The van der Waals surface area contributed by atoms with Gasteiger partial charge < -0.3 is 10.6 Å². The average Bonchev–Trinajstić information content (AvgIpc) is 3.29. The number of nitrogens with two attached hydrogens (primary N) is 1. The summed E-state index contributed by atoms with van der Waals surface area (Å²) in [5.74, 6) is 0.911. The third-order valence-electron chi connectivity index (χ3n) is 4.67. The molecule has 2 aromatic rings. The van der Waals surface area contributed by atoms with Gasteiger partial charge >= 0.3 is 0 Å². The standard InChI is InChI=1S/C17H19N3OS/c18-17-19-14-6-8-20(9-7-15(14)22-17)16(21)13-10-12(13)11-4-2-1-3-5-11/h1-5,12-13H,6-10H2,(H2,18,19). The second kappa shape index (κ2) is 5.39. The van der Waals surface area contributed by atoms with E-state index in [1.54, 1.807) is 11.3 Å². The normalized spacial score (nSPS) is 23.7. The molecule has 0 radical (unpaired) electrons. The van der Waals surface area contributed by atoms with E-state index in [4.69, 9.17) is 5.73 Å². The van der Waals surface area contributed by atoms with Gasteiger partial charge in [-0.1, -0.05) is 30.3 Å². The number of nitrogen functional groups attached to an aromatic ring is 1. The molecule has 1 aromatic carbocycles. The van der Waals surface area contributed by atoms with Crippen molar-refractivity contribution >= 4 is 22.4 Å². The number of carbonyl (C=O) groups excluding carboxylic acids is 1. The van der Waals surface area contributed by atoms with E-state index in [0.717, 1.165) is 38.0 Å². The van der Waals surface area contributed by atoms with Crippen LogP contribution >= 0.6 is 11.3 Å². The maximum absolute atomic E-state index is 12.7. The molecule has 1 aromatic heterocycles. The zero-order valence-electron chi connectivity index (χ0n) is 12.4. The Bertz CT molecular complexity index is 672. The van der Waals surface area contributed by atoms with Gasteiger partial charge in [-0.3, -0.25) is 4.79 Å². The molecule has 22 heavy (non-hydrogen) atoms. The SMILES string of the molecule is Nc1nc2c(s1)CCN(C(=O)C1CC1c1ccccc1)CC2. The molecule has 1 saturated carbocycles. The van der Waals surface area contributed by atoms with Crippen LogP contribution < -0.4 is 5.73 Å². The van der Waals surface area contributed by atoms with Crippen molar-refractivity contribution in [2.24, 2.45) is 5.92 Å². The highest BCUT2D eigenvalue weighted by Crippen LogP contribution is 2.48. The van der Waals surface area contributed by atoms with Gasteiger partial charge in [-0.25, -0.2) is 4.98 Å². The Morgan fingerprint density at radius 1 is 1.23 bits per heavy atom. The van der Waals surface area contributed by atoms with Crippen LogP contribution in [-0.4, -0.2) is 28.9 Å². The predicted molar refractivity (Wildman–Crippen MR) is 87.8 cm³/mol. The number of aromatic nitrogens is 1. The fraction of sp³-hybridized carbons (Fsp3) is 0.412. The summed E-state index contributed by atoms with van der Waals surface area (Å²) in [7, 11) is 0. The number of hydrogen-bond acceptors (Lipinski definition) is 4. The quantitative estimate of drug-likeness (QED) is 0.926. The first-order valence-electron chi connectivity index (χ1n) is 7.80. The summed E-state index contributed by atoms with van der Waals surface area (Å²) in [6.07, 6.45) is 2.71. The number of nitrogens with zero attached hydrogens (tertiary/aromatic N) is 2. The predicted octanol–water partition coefficient (Wildman–Crippen LogP) is 2.46. The van der Waals surface area contributed by atoms with E-state index >= 15 is 0 Å². The minimum Gasteiger partial charge on any atom is -0.375 e. The van der Waals surface area contributed by atoms with Gasteiger partial charge in [0.05, 0.1) is 5.69 Å². The molecule has 0 spiro atoms. The molecule has 2 N–H and O–H groups in total. The Hall–Kier alpha value is -1.88. The molecule has 1 aliphatic carbocycles. The van der Waals surface area contributed by atoms with Crippen molar-refractivity contribution < 1.29 is 4.79 Å². The van der Waals surface area contributed by atoms with Gasteiger partial charge in [-0.05, 0) is 17.9 Å². The number of anilines is 1. The van der Waals surface area contributed by atoms with Crippen LogP contribution in [-0.2, 0) is 17.6 Å². The molecule has 1 amide bonds. The van der Waals surface area contributed by atoms with Crippen LogP contribution in [0, 0.1) is 5.92 Å². The molecule has 1 aliphatic heterocycles. The molecule has 2 atom stereocenters. The van der Waals surface area contributed by atoms with Crippen LogP contribution in [0.2, 0.25) is 0 Å². The Labute approximate surface area is 134 Å². The van der Waals surface area contributed by atoms with Crippen LogP contribution in [0.5, 0.6) is 0 Å². The molecule has 4 rings (SSSR count). The molecule has 2 aliphatic rings. The number of amides is 1. The first-order valence-corrected chi connectivity index (χ1v) is 8.62. The van der Waals surface area contributed by atoms with E-state index < -0.39 is 0 Å². The molecular formula is C17H19N3OS. The molecule has 2 heterocycles. The van der Waals surface area contributed by atoms with E-state index in [1.807, 2.05) is 11.0 Å². The molecule has 4 nitrogen and oxygen atoms in total. The molecular weight excluding hydrogens is 294 g/mol. The van der Waals surface area contributed by atoms with Gasteiger partial charge in [0.25, 0.3) is 0 Å². The van der Waals surface area contributed by atoms with E-state index in [1.165, 1.54) is 10.4 Å². The van der Waals surface area contributed by atoms with E-state index in [2.05, 4.69) is 29.2 Å². The summed E-state index contributed by atoms with van der Waals surface area (Å²) in [4.78, 5) is 20.4. The zero-order chi connectivity index (χ0) is 15.1. The number of carbonyl (C=O) groups is 1. The summed E-state index contributed by atoms with van der Waals surface area (Å²) < 4.78 is 0. The largest absolute Gasteiger partial charge is 0.375 e. The number of fused-ring (bicyclic) bond motifs is 1. The zero-order valence-corrected chi connectivity index (χ0v) is 13.2. The fourth-order valence-electron chi connectivity index (χ4n) is 3.37. The van der Waals surface area contributed by atoms with Crippen LogP contribution in [0.1, 0.15) is 28.5 Å². The maximum Gasteiger partial charge on any atom is 0.226 e. The lowest BCUT2D eigenvalue weighted by Crippen LogP contribution is -2.34. The summed E-state index contributed by atoms with van der Waals surface area (Å²) in [5.41, 5.74) is 8.16. The lowest BCUT2D eigenvalue weighted by Gasteiger charge is -2.20. The minimum atomic E-state index is 0.177. The number of rotatable bonds is 2. The van der Waals surface area contributed by atoms with Crippen molar-refractivity contribution in [1.82, 2.24) is 9.88 Å². The summed E-state index contributed by atoms with van der Waals surface area (Å²) in [6.45, 7) is 1.57. The molecule has 0 bridgehead atoms. The molecule has 114 valence electrons. The van der Waals surface area contributed by atoms with Crippen LogP contribution in [0.15, 0.2) is 30.3 Å². The van der Waals surface area contributed by atoms with Crippen LogP contribution in [0.4, 0.5) is 5.13 Å². The number of thiazole rings is 1. The van der Waals surface area contributed by atoms with Crippen LogP contribution in [0.25, 0.3) is 0 Å². The lowest BCUT2D eigenvalue weighted by molar-refractivity contribution is -0.132. The minimum absolute atomic E-state index is 0.177.